The minimum absolute atomic E-state index is 0.0951. The van der Waals surface area contributed by atoms with Gasteiger partial charge in [0.2, 0.25) is 5.91 Å². The average molecular weight is 403 g/mol. The molecule has 3 nitrogen and oxygen atoms in total. The van der Waals surface area contributed by atoms with Gasteiger partial charge in [0.1, 0.15) is 5.82 Å². The number of carbonyl (C=O) groups is 1. The van der Waals surface area contributed by atoms with Crippen molar-refractivity contribution in [1.29, 1.82) is 0 Å². The lowest BCUT2D eigenvalue weighted by Crippen LogP contribution is -2.37. The lowest BCUT2D eigenvalue weighted by atomic mass is 10.1. The van der Waals surface area contributed by atoms with Crippen molar-refractivity contribution in [3.8, 4) is 0 Å². The third-order valence-electron chi connectivity index (χ3n) is 4.09. The van der Waals surface area contributed by atoms with Crippen LogP contribution in [0.5, 0.6) is 0 Å². The van der Waals surface area contributed by atoms with Crippen LogP contribution in [0.1, 0.15) is 22.0 Å². The molecule has 0 unspecified atom stereocenters. The summed E-state index contributed by atoms with van der Waals surface area (Å²) in [6, 6.07) is 17.4. The van der Waals surface area contributed by atoms with E-state index in [0.717, 1.165) is 16.0 Å². The second-order valence-corrected chi connectivity index (χ2v) is 7.79. The van der Waals surface area contributed by atoms with Gasteiger partial charge >= 0.3 is 0 Å². The van der Waals surface area contributed by atoms with Crippen molar-refractivity contribution in [3.05, 3.63) is 92.9 Å². The number of hydrogen-bond acceptors (Lipinski definition) is 3. The van der Waals surface area contributed by atoms with Crippen LogP contribution >= 0.6 is 22.9 Å². The molecule has 6 heteroatoms. The normalized spacial score (nSPS) is 12.1. The van der Waals surface area contributed by atoms with Gasteiger partial charge in [-0.1, -0.05) is 41.9 Å². The first kappa shape index (κ1) is 19.5. The standard InChI is InChI=1S/C21H20ClFN2OS/c1-25(13-15-4-2-5-17(22)12-15)14-20(26)24-21(19-6-3-11-27-19)16-7-9-18(23)10-8-16/h2-12,21H,13-14H2,1H3,(H,24,26)/t21-/m0/s1. The second-order valence-electron chi connectivity index (χ2n) is 6.37. The van der Waals surface area contributed by atoms with Gasteiger partial charge in [0.15, 0.2) is 0 Å². The van der Waals surface area contributed by atoms with Crippen LogP contribution in [0.4, 0.5) is 4.39 Å². The molecule has 1 atom stereocenters. The van der Waals surface area contributed by atoms with Gasteiger partial charge < -0.3 is 5.32 Å². The molecule has 1 aromatic heterocycles. The Morgan fingerprint density at radius 2 is 1.96 bits per heavy atom. The van der Waals surface area contributed by atoms with E-state index >= 15 is 0 Å². The van der Waals surface area contributed by atoms with Gasteiger partial charge in [-0.25, -0.2) is 4.39 Å². The van der Waals surface area contributed by atoms with E-state index in [0.29, 0.717) is 11.6 Å². The Morgan fingerprint density at radius 1 is 1.19 bits per heavy atom. The molecule has 1 amide bonds. The number of amides is 1. The van der Waals surface area contributed by atoms with Crippen LogP contribution < -0.4 is 5.32 Å². The van der Waals surface area contributed by atoms with E-state index in [-0.39, 0.29) is 24.3 Å². The maximum Gasteiger partial charge on any atom is 0.234 e. The number of benzene rings is 2. The lowest BCUT2D eigenvalue weighted by molar-refractivity contribution is -0.122. The Morgan fingerprint density at radius 3 is 2.63 bits per heavy atom. The number of nitrogens with one attached hydrogen (secondary N) is 1. The summed E-state index contributed by atoms with van der Waals surface area (Å²) in [6.45, 7) is 0.865. The van der Waals surface area contributed by atoms with E-state index in [9.17, 15) is 9.18 Å². The molecule has 140 valence electrons. The molecule has 3 rings (SSSR count). The number of likely N-dealkylation sites (N-methyl/N-ethyl adjacent to an activating group) is 1. The molecule has 2 aromatic carbocycles. The summed E-state index contributed by atoms with van der Waals surface area (Å²) in [5, 5.41) is 5.71. The highest BCUT2D eigenvalue weighted by Gasteiger charge is 2.19. The lowest BCUT2D eigenvalue weighted by Gasteiger charge is -2.21. The van der Waals surface area contributed by atoms with Gasteiger partial charge in [0, 0.05) is 16.4 Å². The Kier molecular flexibility index (Phi) is 6.61. The minimum Gasteiger partial charge on any atom is -0.343 e. The molecule has 3 aromatic rings. The van der Waals surface area contributed by atoms with Crippen LogP contribution in [0.3, 0.4) is 0 Å². The Bertz CT molecular complexity index is 883. The van der Waals surface area contributed by atoms with Crippen molar-refractivity contribution in [2.75, 3.05) is 13.6 Å². The molecule has 0 spiro atoms. The summed E-state index contributed by atoms with van der Waals surface area (Å²) in [5.41, 5.74) is 1.90. The number of nitrogens with zero attached hydrogens (tertiary/aromatic N) is 1. The van der Waals surface area contributed by atoms with Crippen molar-refractivity contribution >= 4 is 28.8 Å². The molecule has 0 aliphatic carbocycles. The van der Waals surface area contributed by atoms with Crippen LogP contribution in [0.25, 0.3) is 0 Å². The van der Waals surface area contributed by atoms with Gasteiger partial charge in [-0.2, -0.15) is 0 Å². The summed E-state index contributed by atoms with van der Waals surface area (Å²) >= 11 is 7.57. The van der Waals surface area contributed by atoms with E-state index in [4.69, 9.17) is 11.6 Å². The number of halogens is 2. The van der Waals surface area contributed by atoms with E-state index in [1.165, 1.54) is 12.1 Å². The van der Waals surface area contributed by atoms with Gasteiger partial charge in [0.25, 0.3) is 0 Å². The highest BCUT2D eigenvalue weighted by molar-refractivity contribution is 7.10. The van der Waals surface area contributed by atoms with E-state index < -0.39 is 0 Å². The molecular weight excluding hydrogens is 383 g/mol. The summed E-state index contributed by atoms with van der Waals surface area (Å²) < 4.78 is 13.3. The van der Waals surface area contributed by atoms with Crippen LogP contribution in [0.15, 0.2) is 66.0 Å². The predicted octanol–water partition coefficient (Wildman–Crippen LogP) is 4.88. The van der Waals surface area contributed by atoms with E-state index in [1.54, 1.807) is 23.5 Å². The highest BCUT2D eigenvalue weighted by atomic mass is 35.5. The molecule has 1 heterocycles. The van der Waals surface area contributed by atoms with Gasteiger partial charge in [-0.15, -0.1) is 11.3 Å². The SMILES string of the molecule is CN(CC(=O)N[C@@H](c1ccc(F)cc1)c1cccs1)Cc1cccc(Cl)c1. The summed E-state index contributed by atoms with van der Waals surface area (Å²) in [5.74, 6) is -0.390. The van der Waals surface area contributed by atoms with Crippen LogP contribution in [-0.4, -0.2) is 24.4 Å². The van der Waals surface area contributed by atoms with Crippen molar-refractivity contribution < 1.29 is 9.18 Å². The fraction of sp³-hybridized carbons (Fsp3) is 0.190. The van der Waals surface area contributed by atoms with Crippen LogP contribution in [-0.2, 0) is 11.3 Å². The zero-order valence-corrected chi connectivity index (χ0v) is 16.4. The third-order valence-corrected chi connectivity index (χ3v) is 5.26. The molecule has 0 saturated heterocycles. The van der Waals surface area contributed by atoms with Crippen molar-refractivity contribution in [3.63, 3.8) is 0 Å². The molecule has 0 aliphatic heterocycles. The fourth-order valence-corrected chi connectivity index (χ4v) is 3.90. The average Bonchev–Trinajstić information content (AvgIpc) is 3.15. The number of carbonyl (C=O) groups excluding carboxylic acids is 1. The summed E-state index contributed by atoms with van der Waals surface area (Å²) in [6.07, 6.45) is 0. The minimum atomic E-state index is -0.295. The van der Waals surface area contributed by atoms with Crippen molar-refractivity contribution in [1.82, 2.24) is 10.2 Å². The summed E-state index contributed by atoms with van der Waals surface area (Å²) in [7, 11) is 1.89. The molecule has 0 bridgehead atoms. The maximum absolute atomic E-state index is 13.3. The molecule has 0 saturated carbocycles. The number of hydrogen-bond donors (Lipinski definition) is 1. The molecule has 0 radical (unpaired) electrons. The van der Waals surface area contributed by atoms with Gasteiger partial charge in [-0.3, -0.25) is 9.69 Å². The smallest absolute Gasteiger partial charge is 0.234 e. The maximum atomic E-state index is 13.3. The second kappa shape index (κ2) is 9.13. The molecular formula is C21H20ClFN2OS. The van der Waals surface area contributed by atoms with Crippen molar-refractivity contribution in [2.24, 2.45) is 0 Å². The topological polar surface area (TPSA) is 32.3 Å². The largest absolute Gasteiger partial charge is 0.343 e. The first-order valence-electron chi connectivity index (χ1n) is 8.52. The molecule has 0 aliphatic rings. The van der Waals surface area contributed by atoms with E-state index in [1.807, 2.05) is 53.7 Å². The van der Waals surface area contributed by atoms with Gasteiger partial charge in [0.05, 0.1) is 12.6 Å². The van der Waals surface area contributed by atoms with Crippen LogP contribution in [0.2, 0.25) is 5.02 Å². The molecule has 0 fully saturated rings. The zero-order chi connectivity index (χ0) is 19.2. The Balaban J connectivity index is 1.66. The first-order chi connectivity index (χ1) is 13.0. The van der Waals surface area contributed by atoms with Crippen LogP contribution in [0, 0.1) is 5.82 Å². The quantitative estimate of drug-likeness (QED) is 0.611. The number of thiophene rings is 1. The molecule has 1 N–H and O–H groups in total. The predicted molar refractivity (Wildman–Crippen MR) is 108 cm³/mol. The highest BCUT2D eigenvalue weighted by Crippen LogP contribution is 2.26. The zero-order valence-electron chi connectivity index (χ0n) is 14.9. The monoisotopic (exact) mass is 402 g/mol. The van der Waals surface area contributed by atoms with E-state index in [2.05, 4.69) is 5.32 Å². The van der Waals surface area contributed by atoms with Gasteiger partial charge in [-0.05, 0) is 53.9 Å². The fourth-order valence-electron chi connectivity index (χ4n) is 2.88. The Hall–Kier alpha value is -2.21. The summed E-state index contributed by atoms with van der Waals surface area (Å²) in [4.78, 5) is 15.5. The first-order valence-corrected chi connectivity index (χ1v) is 9.78. The molecule has 27 heavy (non-hydrogen) atoms. The van der Waals surface area contributed by atoms with Crippen molar-refractivity contribution in [2.45, 2.75) is 12.6 Å². The Labute approximate surface area is 167 Å². The number of rotatable bonds is 7. The third kappa shape index (κ3) is 5.63.